The number of alkyl halides is 6. The zero-order chi connectivity index (χ0) is 34.9. The van der Waals surface area contributed by atoms with Gasteiger partial charge in [0.25, 0.3) is 0 Å². The largest absolute Gasteiger partial charge is 0.460 e. The van der Waals surface area contributed by atoms with Gasteiger partial charge in [-0.2, -0.15) is 26.3 Å². The van der Waals surface area contributed by atoms with E-state index < -0.39 is 59.5 Å². The SMILES string of the molecule is C[C@H]1CCC/C=C/[C@@H]2C[C@H](OC(=O)/C=C/c3ccc(C(F)(F)F)cc3)C[C@H]2[C@H](OC(=O)/C=C/c2ccc(C(F)(F)F)cc2)/C=C/C(=O)O1. The van der Waals surface area contributed by atoms with Crippen LogP contribution in [0.5, 0.6) is 0 Å². The Kier molecular flexibility index (Phi) is 12.1. The van der Waals surface area contributed by atoms with Gasteiger partial charge in [-0.15, -0.1) is 0 Å². The predicted molar refractivity (Wildman–Crippen MR) is 165 cm³/mol. The standard InChI is InChI=1S/C36H34F6O6/c1-23-5-3-2-4-6-26-21-29(47-33(44)18-11-24-7-13-27(14-8-24)35(37,38)39)22-30(26)31(17-20-32(43)46-23)48-34(45)19-12-25-9-15-28(16-10-25)36(40,41)42/h4,6-20,23,26,29-31H,2-3,5,21-22H2,1H3/b6-4+,18-11+,19-12+,20-17+/t23-,26+,29-,30+,31+/m0/s1. The molecule has 2 aromatic rings. The monoisotopic (exact) mass is 676 g/mol. The first-order valence-corrected chi connectivity index (χ1v) is 15.3. The highest BCUT2D eigenvalue weighted by Crippen LogP contribution is 2.39. The summed E-state index contributed by atoms with van der Waals surface area (Å²) in [6.07, 6.45) is 3.22. The summed E-state index contributed by atoms with van der Waals surface area (Å²) in [7, 11) is 0. The Balaban J connectivity index is 1.49. The molecule has 5 atom stereocenters. The number of halogens is 6. The van der Waals surface area contributed by atoms with E-state index in [0.717, 1.165) is 42.8 Å². The van der Waals surface area contributed by atoms with Crippen LogP contribution in [0.15, 0.2) is 85.0 Å². The van der Waals surface area contributed by atoms with Gasteiger partial charge in [-0.05, 0) is 98.6 Å². The summed E-state index contributed by atoms with van der Waals surface area (Å²) < 4.78 is 94.0. The minimum Gasteiger partial charge on any atom is -0.460 e. The number of esters is 3. The number of benzene rings is 2. The molecule has 0 saturated heterocycles. The molecule has 256 valence electrons. The van der Waals surface area contributed by atoms with Gasteiger partial charge in [0.2, 0.25) is 0 Å². The van der Waals surface area contributed by atoms with Crippen molar-refractivity contribution < 1.29 is 54.9 Å². The van der Waals surface area contributed by atoms with Crippen molar-refractivity contribution in [2.45, 2.75) is 69.7 Å². The van der Waals surface area contributed by atoms with Crippen molar-refractivity contribution in [3.63, 3.8) is 0 Å². The minimum absolute atomic E-state index is 0.225. The summed E-state index contributed by atoms with van der Waals surface area (Å²) in [4.78, 5) is 38.1. The van der Waals surface area contributed by atoms with Crippen molar-refractivity contribution in [2.75, 3.05) is 0 Å². The molecule has 1 fully saturated rings. The summed E-state index contributed by atoms with van der Waals surface area (Å²) in [6.45, 7) is 1.78. The third kappa shape index (κ3) is 11.0. The van der Waals surface area contributed by atoms with Gasteiger partial charge in [0.1, 0.15) is 12.2 Å². The third-order valence-corrected chi connectivity index (χ3v) is 7.98. The Bertz CT molecular complexity index is 1540. The van der Waals surface area contributed by atoms with Gasteiger partial charge in [0.15, 0.2) is 0 Å². The molecule has 0 amide bonds. The lowest BCUT2D eigenvalue weighted by molar-refractivity contribution is -0.146. The summed E-state index contributed by atoms with van der Waals surface area (Å²) in [5, 5.41) is 0. The Morgan fingerprint density at radius 3 is 1.88 bits per heavy atom. The molecular formula is C36H34F6O6. The molecule has 1 heterocycles. The molecule has 0 spiro atoms. The average Bonchev–Trinajstić information content (AvgIpc) is 3.42. The van der Waals surface area contributed by atoms with E-state index in [0.29, 0.717) is 30.4 Å². The molecular weight excluding hydrogens is 642 g/mol. The van der Waals surface area contributed by atoms with E-state index in [1.807, 2.05) is 12.2 Å². The van der Waals surface area contributed by atoms with Gasteiger partial charge in [-0.1, -0.05) is 36.4 Å². The fourth-order valence-electron chi connectivity index (χ4n) is 5.55. The lowest BCUT2D eigenvalue weighted by atomic mass is 9.89. The molecule has 1 aliphatic heterocycles. The first-order chi connectivity index (χ1) is 22.7. The molecule has 0 aromatic heterocycles. The summed E-state index contributed by atoms with van der Waals surface area (Å²) in [5.74, 6) is -2.79. The second-order valence-electron chi connectivity index (χ2n) is 11.6. The molecule has 48 heavy (non-hydrogen) atoms. The van der Waals surface area contributed by atoms with E-state index >= 15 is 0 Å². The Labute approximate surface area is 273 Å². The van der Waals surface area contributed by atoms with Crippen LogP contribution in [0.25, 0.3) is 12.2 Å². The van der Waals surface area contributed by atoms with Crippen LogP contribution in [0.4, 0.5) is 26.3 Å². The zero-order valence-electron chi connectivity index (χ0n) is 25.9. The van der Waals surface area contributed by atoms with Gasteiger partial charge < -0.3 is 14.2 Å². The number of allylic oxidation sites excluding steroid dienone is 2. The molecule has 2 aliphatic rings. The van der Waals surface area contributed by atoms with E-state index in [9.17, 15) is 40.7 Å². The van der Waals surface area contributed by atoms with E-state index in [1.165, 1.54) is 48.6 Å². The van der Waals surface area contributed by atoms with E-state index in [2.05, 4.69) is 0 Å². The van der Waals surface area contributed by atoms with Crippen molar-refractivity contribution >= 4 is 30.1 Å². The summed E-state index contributed by atoms with van der Waals surface area (Å²) >= 11 is 0. The smallest absolute Gasteiger partial charge is 0.416 e. The van der Waals surface area contributed by atoms with Crippen molar-refractivity contribution in [3.05, 3.63) is 107 Å². The number of cyclic esters (lactones) is 1. The molecule has 1 saturated carbocycles. The minimum atomic E-state index is -4.50. The Morgan fingerprint density at radius 2 is 1.33 bits per heavy atom. The first kappa shape index (κ1) is 36.2. The maximum Gasteiger partial charge on any atom is 0.416 e. The highest BCUT2D eigenvalue weighted by molar-refractivity contribution is 5.88. The van der Waals surface area contributed by atoms with Crippen LogP contribution in [-0.2, 0) is 40.9 Å². The fraction of sp³-hybridized carbons (Fsp3) is 0.361. The molecule has 2 aromatic carbocycles. The third-order valence-electron chi connectivity index (χ3n) is 7.98. The molecule has 0 radical (unpaired) electrons. The zero-order valence-corrected chi connectivity index (χ0v) is 25.9. The molecule has 6 nitrogen and oxygen atoms in total. The van der Waals surface area contributed by atoms with Crippen LogP contribution in [0.3, 0.4) is 0 Å². The summed E-state index contributed by atoms with van der Waals surface area (Å²) in [5.41, 5.74) is -0.940. The number of fused-ring (bicyclic) bond motifs is 1. The number of rotatable bonds is 6. The normalized spacial score (nSPS) is 25.3. The average molecular weight is 677 g/mol. The van der Waals surface area contributed by atoms with Crippen LogP contribution in [0.1, 0.15) is 61.3 Å². The van der Waals surface area contributed by atoms with E-state index in [1.54, 1.807) is 6.92 Å². The molecule has 0 unspecified atom stereocenters. The van der Waals surface area contributed by atoms with Crippen molar-refractivity contribution in [2.24, 2.45) is 11.8 Å². The number of carbonyl (C=O) groups is 3. The van der Waals surface area contributed by atoms with Crippen molar-refractivity contribution in [1.29, 1.82) is 0 Å². The first-order valence-electron chi connectivity index (χ1n) is 15.3. The van der Waals surface area contributed by atoms with Gasteiger partial charge >= 0.3 is 30.3 Å². The van der Waals surface area contributed by atoms with E-state index in [4.69, 9.17) is 14.2 Å². The lowest BCUT2D eigenvalue weighted by Gasteiger charge is -2.24. The second kappa shape index (κ2) is 16.0. The molecule has 12 heteroatoms. The van der Waals surface area contributed by atoms with Crippen LogP contribution in [-0.4, -0.2) is 36.2 Å². The Morgan fingerprint density at radius 1 is 0.792 bits per heavy atom. The fourth-order valence-corrected chi connectivity index (χ4v) is 5.55. The van der Waals surface area contributed by atoms with E-state index in [-0.39, 0.29) is 18.4 Å². The highest BCUT2D eigenvalue weighted by Gasteiger charge is 2.40. The molecule has 0 bridgehead atoms. The van der Waals surface area contributed by atoms with Crippen LogP contribution < -0.4 is 0 Å². The number of carbonyl (C=O) groups excluding carboxylic acids is 3. The number of ether oxygens (including phenoxy) is 3. The van der Waals surface area contributed by atoms with Crippen molar-refractivity contribution in [3.8, 4) is 0 Å². The number of hydrogen-bond acceptors (Lipinski definition) is 6. The lowest BCUT2D eigenvalue weighted by Crippen LogP contribution is -2.27. The van der Waals surface area contributed by atoms with Gasteiger partial charge in [-0.25, -0.2) is 14.4 Å². The molecule has 1 aliphatic carbocycles. The topological polar surface area (TPSA) is 78.9 Å². The van der Waals surface area contributed by atoms with Crippen LogP contribution in [0.2, 0.25) is 0 Å². The van der Waals surface area contributed by atoms with Crippen LogP contribution in [0, 0.1) is 11.8 Å². The predicted octanol–water partition coefficient (Wildman–Crippen LogP) is 8.53. The quantitative estimate of drug-likeness (QED) is 0.100. The molecule has 4 rings (SSSR count). The second-order valence-corrected chi connectivity index (χ2v) is 11.6. The maximum atomic E-state index is 12.9. The molecule has 0 N–H and O–H groups in total. The van der Waals surface area contributed by atoms with Crippen molar-refractivity contribution in [1.82, 2.24) is 0 Å². The number of hydrogen-bond donors (Lipinski definition) is 0. The van der Waals surface area contributed by atoms with Gasteiger partial charge in [0, 0.05) is 24.1 Å². The highest BCUT2D eigenvalue weighted by atomic mass is 19.4. The van der Waals surface area contributed by atoms with Gasteiger partial charge in [-0.3, -0.25) is 0 Å². The summed E-state index contributed by atoms with van der Waals surface area (Å²) in [6, 6.07) is 8.50. The Hall–Kier alpha value is -4.61. The van der Waals surface area contributed by atoms with Gasteiger partial charge in [0.05, 0.1) is 17.2 Å². The van der Waals surface area contributed by atoms with Crippen LogP contribution >= 0.6 is 0 Å². The maximum absolute atomic E-state index is 12.9.